The SMILES string of the molecule is Cc1cc(N=Cc2cc(C)n(-c3ccc(S(N)(=O)=O)cc3)c2C)ccc1Br. The van der Waals surface area contributed by atoms with Gasteiger partial charge in [0.15, 0.2) is 0 Å². The third-order valence-corrected chi connectivity index (χ3v) is 6.21. The Morgan fingerprint density at radius 3 is 2.30 bits per heavy atom. The topological polar surface area (TPSA) is 77.5 Å². The number of aromatic nitrogens is 1. The van der Waals surface area contributed by atoms with E-state index in [4.69, 9.17) is 5.14 Å². The first-order chi connectivity index (χ1) is 12.7. The van der Waals surface area contributed by atoms with Crippen molar-refractivity contribution >= 4 is 37.9 Å². The maximum absolute atomic E-state index is 11.4. The lowest BCUT2D eigenvalue weighted by atomic mass is 10.2. The average Bonchev–Trinajstić information content (AvgIpc) is 2.89. The summed E-state index contributed by atoms with van der Waals surface area (Å²) in [4.78, 5) is 4.68. The maximum atomic E-state index is 11.4. The van der Waals surface area contributed by atoms with Crippen LogP contribution in [-0.4, -0.2) is 19.2 Å². The predicted molar refractivity (Wildman–Crippen MR) is 113 cm³/mol. The van der Waals surface area contributed by atoms with E-state index in [1.54, 1.807) is 12.1 Å². The molecule has 140 valence electrons. The van der Waals surface area contributed by atoms with E-state index in [0.29, 0.717) is 0 Å². The highest BCUT2D eigenvalue weighted by Gasteiger charge is 2.12. The van der Waals surface area contributed by atoms with Gasteiger partial charge in [0.05, 0.1) is 10.6 Å². The van der Waals surface area contributed by atoms with Gasteiger partial charge in [0, 0.05) is 33.3 Å². The molecule has 0 aliphatic carbocycles. The number of aryl methyl sites for hydroxylation is 2. The van der Waals surface area contributed by atoms with Gasteiger partial charge in [-0.15, -0.1) is 0 Å². The molecule has 0 amide bonds. The second kappa shape index (κ2) is 7.42. The lowest BCUT2D eigenvalue weighted by Gasteiger charge is -2.10. The van der Waals surface area contributed by atoms with Crippen LogP contribution in [0.25, 0.3) is 5.69 Å². The molecule has 2 N–H and O–H groups in total. The normalized spacial score (nSPS) is 12.0. The van der Waals surface area contributed by atoms with Gasteiger partial charge in [0.1, 0.15) is 0 Å². The fraction of sp³-hybridized carbons (Fsp3) is 0.150. The molecule has 3 aromatic rings. The molecule has 2 aromatic carbocycles. The lowest BCUT2D eigenvalue weighted by molar-refractivity contribution is 0.598. The number of aliphatic imine (C=N–C) groups is 1. The van der Waals surface area contributed by atoms with Crippen LogP contribution in [0.2, 0.25) is 0 Å². The van der Waals surface area contributed by atoms with E-state index in [9.17, 15) is 8.42 Å². The van der Waals surface area contributed by atoms with E-state index in [-0.39, 0.29) is 4.90 Å². The number of primary sulfonamides is 1. The standard InChI is InChI=1S/C20H20BrN3O2S/c1-13-10-17(4-9-20(13)21)23-12-16-11-14(2)24(15(16)3)18-5-7-19(8-6-18)27(22,25)26/h4-12H,1-3H3,(H2,22,25,26). The summed E-state index contributed by atoms with van der Waals surface area (Å²) in [5.74, 6) is 0. The van der Waals surface area contributed by atoms with Crippen molar-refractivity contribution < 1.29 is 8.42 Å². The first-order valence-electron chi connectivity index (χ1n) is 8.29. The van der Waals surface area contributed by atoms with Crippen LogP contribution in [0.5, 0.6) is 0 Å². The Kier molecular flexibility index (Phi) is 5.37. The Labute approximate surface area is 167 Å². The van der Waals surface area contributed by atoms with Crippen LogP contribution < -0.4 is 5.14 Å². The predicted octanol–water partition coefficient (Wildman–Crippen LogP) is 4.56. The smallest absolute Gasteiger partial charge is 0.238 e. The monoisotopic (exact) mass is 445 g/mol. The molecule has 3 rings (SSSR count). The van der Waals surface area contributed by atoms with Crippen molar-refractivity contribution in [3.05, 3.63) is 75.5 Å². The van der Waals surface area contributed by atoms with Crippen molar-refractivity contribution in [2.24, 2.45) is 10.1 Å². The Morgan fingerprint density at radius 1 is 1.04 bits per heavy atom. The molecule has 0 fully saturated rings. The highest BCUT2D eigenvalue weighted by molar-refractivity contribution is 9.10. The number of hydrogen-bond acceptors (Lipinski definition) is 3. The molecule has 0 saturated carbocycles. The zero-order chi connectivity index (χ0) is 19.8. The minimum atomic E-state index is -3.70. The second-order valence-electron chi connectivity index (χ2n) is 6.39. The molecule has 0 spiro atoms. The molecular weight excluding hydrogens is 426 g/mol. The van der Waals surface area contributed by atoms with Gasteiger partial charge in [-0.2, -0.15) is 0 Å². The van der Waals surface area contributed by atoms with Crippen LogP contribution in [0.4, 0.5) is 5.69 Å². The van der Waals surface area contributed by atoms with Crippen molar-refractivity contribution in [3.63, 3.8) is 0 Å². The van der Waals surface area contributed by atoms with Gasteiger partial charge in [0.2, 0.25) is 10.0 Å². The highest BCUT2D eigenvalue weighted by atomic mass is 79.9. The van der Waals surface area contributed by atoms with Crippen molar-refractivity contribution in [2.45, 2.75) is 25.7 Å². The summed E-state index contributed by atoms with van der Waals surface area (Å²) in [6.45, 7) is 6.04. The third kappa shape index (κ3) is 4.21. The van der Waals surface area contributed by atoms with Gasteiger partial charge < -0.3 is 4.57 Å². The summed E-state index contributed by atoms with van der Waals surface area (Å²) in [5.41, 5.74) is 5.95. The minimum Gasteiger partial charge on any atom is -0.318 e. The number of sulfonamides is 1. The summed E-state index contributed by atoms with van der Waals surface area (Å²) in [6, 6.07) is 14.5. The highest BCUT2D eigenvalue weighted by Crippen LogP contribution is 2.24. The molecule has 0 unspecified atom stereocenters. The molecule has 0 atom stereocenters. The average molecular weight is 446 g/mol. The third-order valence-electron chi connectivity index (χ3n) is 4.39. The zero-order valence-electron chi connectivity index (χ0n) is 15.3. The van der Waals surface area contributed by atoms with Crippen molar-refractivity contribution in [1.29, 1.82) is 0 Å². The number of halogens is 1. The second-order valence-corrected chi connectivity index (χ2v) is 8.81. The minimum absolute atomic E-state index is 0.0982. The molecular formula is C20H20BrN3O2S. The molecule has 0 radical (unpaired) electrons. The maximum Gasteiger partial charge on any atom is 0.238 e. The van der Waals surface area contributed by atoms with Crippen molar-refractivity contribution in [2.75, 3.05) is 0 Å². The quantitative estimate of drug-likeness (QED) is 0.597. The Balaban J connectivity index is 1.95. The van der Waals surface area contributed by atoms with Crippen molar-refractivity contribution in [3.8, 4) is 5.69 Å². The van der Waals surface area contributed by atoms with Crippen LogP contribution in [-0.2, 0) is 10.0 Å². The van der Waals surface area contributed by atoms with Gasteiger partial charge >= 0.3 is 0 Å². The summed E-state index contributed by atoms with van der Waals surface area (Å²) >= 11 is 3.49. The fourth-order valence-electron chi connectivity index (χ4n) is 2.95. The number of benzene rings is 2. The molecule has 5 nitrogen and oxygen atoms in total. The zero-order valence-corrected chi connectivity index (χ0v) is 17.7. The van der Waals surface area contributed by atoms with E-state index < -0.39 is 10.0 Å². The molecule has 7 heteroatoms. The molecule has 0 aliphatic rings. The van der Waals surface area contributed by atoms with E-state index in [0.717, 1.165) is 38.4 Å². The van der Waals surface area contributed by atoms with Crippen LogP contribution >= 0.6 is 15.9 Å². The molecule has 27 heavy (non-hydrogen) atoms. The Bertz CT molecular complexity index is 1130. The summed E-state index contributed by atoms with van der Waals surface area (Å²) in [7, 11) is -3.70. The Morgan fingerprint density at radius 2 is 1.70 bits per heavy atom. The largest absolute Gasteiger partial charge is 0.318 e. The molecule has 0 bridgehead atoms. The Hall–Kier alpha value is -2.22. The van der Waals surface area contributed by atoms with Crippen LogP contribution in [0, 0.1) is 20.8 Å². The molecule has 0 aliphatic heterocycles. The number of hydrogen-bond donors (Lipinski definition) is 1. The number of nitrogens with two attached hydrogens (primary N) is 1. The van der Waals surface area contributed by atoms with Crippen LogP contribution in [0.1, 0.15) is 22.5 Å². The van der Waals surface area contributed by atoms with Gasteiger partial charge in [0.25, 0.3) is 0 Å². The molecule has 0 saturated heterocycles. The van der Waals surface area contributed by atoms with Crippen LogP contribution in [0.3, 0.4) is 0 Å². The fourth-order valence-corrected chi connectivity index (χ4v) is 3.72. The van der Waals surface area contributed by atoms with E-state index >= 15 is 0 Å². The summed E-state index contributed by atoms with van der Waals surface area (Å²) in [6.07, 6.45) is 1.85. The molecule has 1 heterocycles. The number of nitrogens with zero attached hydrogens (tertiary/aromatic N) is 2. The van der Waals surface area contributed by atoms with E-state index in [1.807, 2.05) is 45.2 Å². The van der Waals surface area contributed by atoms with Gasteiger partial charge in [-0.05, 0) is 74.9 Å². The summed E-state index contributed by atoms with van der Waals surface area (Å²) in [5, 5.41) is 5.17. The lowest BCUT2D eigenvalue weighted by Crippen LogP contribution is -2.12. The van der Waals surface area contributed by atoms with Crippen molar-refractivity contribution in [1.82, 2.24) is 4.57 Å². The molecule has 1 aromatic heterocycles. The first-order valence-corrected chi connectivity index (χ1v) is 10.6. The number of rotatable bonds is 4. The first kappa shape index (κ1) is 19.5. The van der Waals surface area contributed by atoms with Gasteiger partial charge in [-0.1, -0.05) is 15.9 Å². The van der Waals surface area contributed by atoms with E-state index in [2.05, 4.69) is 31.6 Å². The van der Waals surface area contributed by atoms with E-state index in [1.165, 1.54) is 12.1 Å². The summed E-state index contributed by atoms with van der Waals surface area (Å²) < 4.78 is 26.0. The van der Waals surface area contributed by atoms with Gasteiger partial charge in [-0.25, -0.2) is 13.6 Å². The van der Waals surface area contributed by atoms with Gasteiger partial charge in [-0.3, -0.25) is 4.99 Å². The van der Waals surface area contributed by atoms with Crippen LogP contribution in [0.15, 0.2) is 62.9 Å².